The summed E-state index contributed by atoms with van der Waals surface area (Å²) in [6, 6.07) is 16.2. The molecule has 2 aromatic carbocycles. The molecule has 146 valence electrons. The summed E-state index contributed by atoms with van der Waals surface area (Å²) in [4.78, 5) is 33.7. The van der Waals surface area contributed by atoms with E-state index in [2.05, 4.69) is 34.9 Å². The van der Waals surface area contributed by atoms with E-state index in [4.69, 9.17) is 9.84 Å². The minimum absolute atomic E-state index is 0.0000496. The van der Waals surface area contributed by atoms with Gasteiger partial charge in [-0.15, -0.1) is 0 Å². The molecule has 1 aliphatic rings. The van der Waals surface area contributed by atoms with E-state index in [1.54, 1.807) is 0 Å². The standard InChI is InChI=1S/C21H22N2O5/c24-19(23-12-20(25)26)10-5-11-22-21(27)28-13-18-16-8-3-1-6-14(16)15-7-2-4-9-17(15)18/h1-4,6-9,18H,5,10-13H2,(H,22,27)(H,23,24)(H,25,26). The number of hydrogen-bond acceptors (Lipinski definition) is 4. The van der Waals surface area contributed by atoms with Crippen molar-refractivity contribution in [3.8, 4) is 11.1 Å². The largest absolute Gasteiger partial charge is 0.480 e. The van der Waals surface area contributed by atoms with Crippen LogP contribution in [0.25, 0.3) is 11.1 Å². The molecule has 7 heteroatoms. The fourth-order valence-electron chi connectivity index (χ4n) is 3.35. The Balaban J connectivity index is 1.45. The molecular formula is C21H22N2O5. The first-order valence-corrected chi connectivity index (χ1v) is 9.13. The number of carbonyl (C=O) groups excluding carboxylic acids is 2. The van der Waals surface area contributed by atoms with Crippen molar-refractivity contribution in [2.45, 2.75) is 18.8 Å². The van der Waals surface area contributed by atoms with Crippen LogP contribution in [0.5, 0.6) is 0 Å². The lowest BCUT2D eigenvalue weighted by atomic mass is 9.98. The van der Waals surface area contributed by atoms with Gasteiger partial charge in [0.1, 0.15) is 13.2 Å². The van der Waals surface area contributed by atoms with Gasteiger partial charge in [-0.25, -0.2) is 4.79 Å². The summed E-state index contributed by atoms with van der Waals surface area (Å²) in [5, 5.41) is 13.4. The van der Waals surface area contributed by atoms with Crippen molar-refractivity contribution >= 4 is 18.0 Å². The fourth-order valence-corrected chi connectivity index (χ4v) is 3.35. The number of nitrogens with one attached hydrogen (secondary N) is 2. The van der Waals surface area contributed by atoms with E-state index in [0.717, 1.165) is 11.1 Å². The first-order chi connectivity index (χ1) is 13.6. The first kappa shape index (κ1) is 19.4. The van der Waals surface area contributed by atoms with Gasteiger partial charge in [-0.05, 0) is 28.7 Å². The Morgan fingerprint density at radius 1 is 0.929 bits per heavy atom. The highest BCUT2D eigenvalue weighted by Crippen LogP contribution is 2.44. The molecule has 0 unspecified atom stereocenters. The molecule has 28 heavy (non-hydrogen) atoms. The number of carboxylic acids is 1. The van der Waals surface area contributed by atoms with Crippen LogP contribution in [0, 0.1) is 0 Å². The normalized spacial score (nSPS) is 12.0. The number of fused-ring (bicyclic) bond motifs is 3. The third-order valence-corrected chi connectivity index (χ3v) is 4.63. The van der Waals surface area contributed by atoms with Crippen LogP contribution in [-0.2, 0) is 14.3 Å². The third-order valence-electron chi connectivity index (χ3n) is 4.63. The van der Waals surface area contributed by atoms with E-state index >= 15 is 0 Å². The van der Waals surface area contributed by atoms with Gasteiger partial charge in [0.15, 0.2) is 0 Å². The van der Waals surface area contributed by atoms with Crippen LogP contribution in [0.2, 0.25) is 0 Å². The molecule has 0 saturated heterocycles. The van der Waals surface area contributed by atoms with Gasteiger partial charge in [0, 0.05) is 18.9 Å². The number of carboxylic acid groups (broad SMARTS) is 1. The summed E-state index contributed by atoms with van der Waals surface area (Å²) in [6.07, 6.45) is -0.000130. The summed E-state index contributed by atoms with van der Waals surface area (Å²) in [6.45, 7) is 0.106. The average Bonchev–Trinajstić information content (AvgIpc) is 3.02. The molecule has 3 rings (SSSR count). The Morgan fingerprint density at radius 3 is 2.14 bits per heavy atom. The second kappa shape index (κ2) is 9.03. The van der Waals surface area contributed by atoms with Crippen LogP contribution in [-0.4, -0.2) is 42.8 Å². The maximum atomic E-state index is 12.0. The molecule has 0 aliphatic heterocycles. The Hall–Kier alpha value is -3.35. The van der Waals surface area contributed by atoms with Crippen molar-refractivity contribution in [3.05, 3.63) is 59.7 Å². The Bertz CT molecular complexity index is 835. The minimum Gasteiger partial charge on any atom is -0.480 e. The summed E-state index contributed by atoms with van der Waals surface area (Å²) in [7, 11) is 0. The predicted molar refractivity (Wildman–Crippen MR) is 103 cm³/mol. The quantitative estimate of drug-likeness (QED) is 0.609. The molecule has 1 aliphatic carbocycles. The summed E-state index contributed by atoms with van der Waals surface area (Å²) in [5.74, 6) is -1.46. The lowest BCUT2D eigenvalue weighted by Gasteiger charge is -2.14. The van der Waals surface area contributed by atoms with Gasteiger partial charge in [-0.1, -0.05) is 48.5 Å². The number of amides is 2. The highest BCUT2D eigenvalue weighted by Gasteiger charge is 2.28. The molecule has 0 aromatic heterocycles. The molecule has 0 bridgehead atoms. The number of aliphatic carboxylic acids is 1. The zero-order valence-electron chi connectivity index (χ0n) is 15.3. The Morgan fingerprint density at radius 2 is 1.54 bits per heavy atom. The van der Waals surface area contributed by atoms with E-state index < -0.39 is 18.6 Å². The third kappa shape index (κ3) is 4.68. The highest BCUT2D eigenvalue weighted by molar-refractivity contribution is 5.81. The van der Waals surface area contributed by atoms with Crippen molar-refractivity contribution in [1.29, 1.82) is 0 Å². The predicted octanol–water partition coefficient (Wildman–Crippen LogP) is 2.51. The molecule has 0 saturated carbocycles. The number of alkyl carbamates (subject to hydrolysis) is 1. The highest BCUT2D eigenvalue weighted by atomic mass is 16.5. The molecule has 7 nitrogen and oxygen atoms in total. The number of rotatable bonds is 8. The second-order valence-corrected chi connectivity index (χ2v) is 6.53. The fraction of sp³-hybridized carbons (Fsp3) is 0.286. The van der Waals surface area contributed by atoms with Gasteiger partial charge in [0.25, 0.3) is 0 Å². The molecular weight excluding hydrogens is 360 g/mol. The van der Waals surface area contributed by atoms with Crippen molar-refractivity contribution in [2.75, 3.05) is 19.7 Å². The smallest absolute Gasteiger partial charge is 0.407 e. The molecule has 0 atom stereocenters. The van der Waals surface area contributed by atoms with Gasteiger partial charge in [-0.3, -0.25) is 9.59 Å². The molecule has 0 fully saturated rings. The molecule has 0 radical (unpaired) electrons. The van der Waals surface area contributed by atoms with Crippen LogP contribution in [0.4, 0.5) is 4.79 Å². The van der Waals surface area contributed by atoms with Gasteiger partial charge in [0.05, 0.1) is 0 Å². The van der Waals surface area contributed by atoms with Crippen LogP contribution in [0.3, 0.4) is 0 Å². The first-order valence-electron chi connectivity index (χ1n) is 9.13. The zero-order valence-corrected chi connectivity index (χ0v) is 15.3. The summed E-state index contributed by atoms with van der Waals surface area (Å²) >= 11 is 0. The lowest BCUT2D eigenvalue weighted by Crippen LogP contribution is -2.31. The van der Waals surface area contributed by atoms with Crippen molar-refractivity contribution < 1.29 is 24.2 Å². The van der Waals surface area contributed by atoms with Crippen LogP contribution in [0.1, 0.15) is 29.9 Å². The topological polar surface area (TPSA) is 105 Å². The zero-order chi connectivity index (χ0) is 19.9. The average molecular weight is 382 g/mol. The molecule has 3 N–H and O–H groups in total. The monoisotopic (exact) mass is 382 g/mol. The van der Waals surface area contributed by atoms with E-state index in [9.17, 15) is 14.4 Å². The number of hydrogen-bond donors (Lipinski definition) is 3. The number of benzene rings is 2. The van der Waals surface area contributed by atoms with Gasteiger partial charge >= 0.3 is 12.1 Å². The number of ether oxygens (including phenoxy) is 1. The van der Waals surface area contributed by atoms with Crippen LogP contribution in [0.15, 0.2) is 48.5 Å². The van der Waals surface area contributed by atoms with Crippen molar-refractivity contribution in [1.82, 2.24) is 10.6 Å². The van der Waals surface area contributed by atoms with E-state index in [1.165, 1.54) is 11.1 Å². The summed E-state index contributed by atoms with van der Waals surface area (Å²) < 4.78 is 5.40. The molecule has 2 aromatic rings. The molecule has 0 spiro atoms. The van der Waals surface area contributed by atoms with Gasteiger partial charge in [0.2, 0.25) is 5.91 Å². The maximum absolute atomic E-state index is 12.0. The van der Waals surface area contributed by atoms with Gasteiger partial charge in [-0.2, -0.15) is 0 Å². The lowest BCUT2D eigenvalue weighted by molar-refractivity contribution is -0.137. The van der Waals surface area contributed by atoms with E-state index in [1.807, 2.05) is 24.3 Å². The number of carbonyl (C=O) groups is 3. The van der Waals surface area contributed by atoms with Crippen LogP contribution < -0.4 is 10.6 Å². The summed E-state index contributed by atoms with van der Waals surface area (Å²) in [5.41, 5.74) is 4.62. The SMILES string of the molecule is O=C(O)CNC(=O)CCCNC(=O)OCC1c2ccccc2-c2ccccc21. The molecule has 0 heterocycles. The Labute approximate surface area is 162 Å². The van der Waals surface area contributed by atoms with Gasteiger partial charge < -0.3 is 20.5 Å². The maximum Gasteiger partial charge on any atom is 0.407 e. The Kier molecular flexibility index (Phi) is 6.26. The van der Waals surface area contributed by atoms with Crippen molar-refractivity contribution in [3.63, 3.8) is 0 Å². The van der Waals surface area contributed by atoms with Crippen LogP contribution >= 0.6 is 0 Å². The second-order valence-electron chi connectivity index (χ2n) is 6.53. The van der Waals surface area contributed by atoms with E-state index in [0.29, 0.717) is 6.42 Å². The van der Waals surface area contributed by atoms with E-state index in [-0.39, 0.29) is 31.4 Å². The minimum atomic E-state index is -1.09. The molecule has 2 amide bonds. The van der Waals surface area contributed by atoms with Crippen molar-refractivity contribution in [2.24, 2.45) is 0 Å².